The number of fused-ring (bicyclic) bond motifs is 3. The van der Waals surface area contributed by atoms with Gasteiger partial charge in [-0.05, 0) is 37.6 Å². The molecule has 0 fully saturated rings. The number of carbonyl (C=O) groups is 3. The molecule has 39 heavy (non-hydrogen) atoms. The number of allylic oxidation sites excluding steroid dienone is 2. The maximum Gasteiger partial charge on any atom is 0.334 e. The zero-order valence-corrected chi connectivity index (χ0v) is 22.4. The first-order valence-corrected chi connectivity index (χ1v) is 12.7. The summed E-state index contributed by atoms with van der Waals surface area (Å²) in [6.45, 7) is 5.52. The van der Waals surface area contributed by atoms with Crippen molar-refractivity contribution in [3.63, 3.8) is 0 Å². The van der Waals surface area contributed by atoms with Crippen LogP contribution in [0, 0.1) is 0 Å². The Bertz CT molecular complexity index is 1430. The van der Waals surface area contributed by atoms with E-state index in [2.05, 4.69) is 0 Å². The number of hydrogen-bond acceptors (Lipinski definition) is 8. The molecule has 2 heterocycles. The lowest BCUT2D eigenvalue weighted by atomic mass is 9.89. The van der Waals surface area contributed by atoms with E-state index in [0.717, 1.165) is 5.56 Å². The highest BCUT2D eigenvalue weighted by atomic mass is 16.5. The van der Waals surface area contributed by atoms with Gasteiger partial charge in [0, 0.05) is 24.3 Å². The molecule has 3 aromatic rings. The van der Waals surface area contributed by atoms with Gasteiger partial charge in [0.05, 0.1) is 43.9 Å². The highest BCUT2D eigenvalue weighted by Gasteiger charge is 2.36. The van der Waals surface area contributed by atoms with Crippen molar-refractivity contribution in [1.82, 2.24) is 4.57 Å². The van der Waals surface area contributed by atoms with Gasteiger partial charge in [0.25, 0.3) is 0 Å². The lowest BCUT2D eigenvalue weighted by Crippen LogP contribution is -2.20. The molecule has 1 aliphatic rings. The van der Waals surface area contributed by atoms with Crippen LogP contribution < -0.4 is 9.47 Å². The van der Waals surface area contributed by atoms with E-state index in [1.54, 1.807) is 39.2 Å². The molecule has 4 rings (SSSR count). The van der Waals surface area contributed by atoms with E-state index in [1.165, 1.54) is 23.6 Å². The predicted octanol–water partition coefficient (Wildman–Crippen LogP) is 5.29. The van der Waals surface area contributed by atoms with Crippen LogP contribution in [0.2, 0.25) is 0 Å². The molecule has 1 aliphatic heterocycles. The summed E-state index contributed by atoms with van der Waals surface area (Å²) in [4.78, 5) is 38.0. The second-order valence-corrected chi connectivity index (χ2v) is 8.75. The van der Waals surface area contributed by atoms with Crippen LogP contribution in [-0.4, -0.2) is 42.7 Å². The molecule has 0 spiro atoms. The van der Waals surface area contributed by atoms with Gasteiger partial charge in [-0.2, -0.15) is 0 Å². The number of esters is 2. The van der Waals surface area contributed by atoms with Crippen LogP contribution in [0.3, 0.4) is 0 Å². The van der Waals surface area contributed by atoms with Gasteiger partial charge < -0.3 is 23.7 Å². The van der Waals surface area contributed by atoms with E-state index in [1.807, 2.05) is 30.3 Å². The lowest BCUT2D eigenvalue weighted by molar-refractivity contribution is -0.139. The Morgan fingerprint density at radius 2 is 1.74 bits per heavy atom. The average molecular weight is 534 g/mol. The molecule has 204 valence electrons. The fourth-order valence-corrected chi connectivity index (χ4v) is 4.56. The third-order valence-corrected chi connectivity index (χ3v) is 6.17. The van der Waals surface area contributed by atoms with E-state index in [-0.39, 0.29) is 43.8 Å². The van der Waals surface area contributed by atoms with Crippen LogP contribution >= 0.6 is 0 Å². The summed E-state index contributed by atoms with van der Waals surface area (Å²) in [5.74, 6) is -0.606. The Labute approximate surface area is 226 Å². The number of aromatic nitrogens is 1. The van der Waals surface area contributed by atoms with Gasteiger partial charge in [-0.1, -0.05) is 30.3 Å². The van der Waals surface area contributed by atoms with Crippen molar-refractivity contribution in [2.24, 2.45) is 0 Å². The number of ether oxygens (including phenoxy) is 5. The number of nitrogens with zero attached hydrogens (tertiary/aromatic N) is 1. The van der Waals surface area contributed by atoms with Gasteiger partial charge in [0.2, 0.25) is 11.8 Å². The second kappa shape index (κ2) is 12.3. The molecule has 2 aromatic carbocycles. The monoisotopic (exact) mass is 533 g/mol. The van der Waals surface area contributed by atoms with Crippen LogP contribution in [-0.2, 0) is 30.4 Å². The standard InChI is InChI=1S/C30H31NO8/c1-5-36-26(17-28(34)37-6-2)24-15-22(16-27(33)38-18-20-10-8-7-9-11-20)39-30-29(24)23-14-21(35-4)12-13-25(23)31(30)19(3)32/h7-14,16-17,24H,5-6,15,18H2,1-4H3/b22-16+,26-17+. The molecule has 0 aliphatic carbocycles. The van der Waals surface area contributed by atoms with Gasteiger partial charge >= 0.3 is 11.9 Å². The van der Waals surface area contributed by atoms with Crippen LogP contribution in [0.1, 0.15) is 49.0 Å². The molecular formula is C30H31NO8. The van der Waals surface area contributed by atoms with Crippen molar-refractivity contribution in [2.45, 2.75) is 39.7 Å². The number of methoxy groups -OCH3 is 1. The summed E-state index contributed by atoms with van der Waals surface area (Å²) in [5.41, 5.74) is 2.08. The van der Waals surface area contributed by atoms with E-state index >= 15 is 0 Å². The van der Waals surface area contributed by atoms with Crippen molar-refractivity contribution in [3.05, 3.63) is 83.3 Å². The third kappa shape index (κ3) is 6.14. The van der Waals surface area contributed by atoms with Crippen LogP contribution in [0.4, 0.5) is 0 Å². The smallest absolute Gasteiger partial charge is 0.334 e. The fourth-order valence-electron chi connectivity index (χ4n) is 4.56. The summed E-state index contributed by atoms with van der Waals surface area (Å²) in [5, 5.41) is 0.699. The molecule has 0 bridgehead atoms. The van der Waals surface area contributed by atoms with E-state index in [4.69, 9.17) is 23.7 Å². The van der Waals surface area contributed by atoms with E-state index in [9.17, 15) is 14.4 Å². The van der Waals surface area contributed by atoms with Crippen LogP contribution in [0.25, 0.3) is 10.9 Å². The largest absolute Gasteiger partial charge is 0.497 e. The minimum atomic E-state index is -0.601. The summed E-state index contributed by atoms with van der Waals surface area (Å²) < 4.78 is 29.5. The first kappa shape index (κ1) is 27.5. The minimum Gasteiger partial charge on any atom is -0.497 e. The van der Waals surface area contributed by atoms with Crippen molar-refractivity contribution < 1.29 is 38.1 Å². The predicted molar refractivity (Wildman–Crippen MR) is 143 cm³/mol. The number of rotatable bonds is 9. The average Bonchev–Trinajstić information content (AvgIpc) is 3.25. The molecule has 9 nitrogen and oxygen atoms in total. The summed E-state index contributed by atoms with van der Waals surface area (Å²) >= 11 is 0. The zero-order valence-electron chi connectivity index (χ0n) is 22.4. The van der Waals surface area contributed by atoms with Crippen LogP contribution in [0.15, 0.2) is 72.2 Å². The zero-order chi connectivity index (χ0) is 27.9. The van der Waals surface area contributed by atoms with E-state index < -0.39 is 17.9 Å². The summed E-state index contributed by atoms with van der Waals surface area (Å²) in [6, 6.07) is 14.6. The second-order valence-electron chi connectivity index (χ2n) is 8.75. The SMILES string of the molecule is CCOC(=O)/C=C(/OCC)C1C/C(=C\C(=O)OCc2ccccc2)Oc2c1c1cc(OC)ccc1n2C(C)=O. The molecule has 1 aromatic heterocycles. The van der Waals surface area contributed by atoms with Gasteiger partial charge in [0.1, 0.15) is 23.9 Å². The Balaban J connectivity index is 1.82. The number of benzene rings is 2. The molecule has 1 unspecified atom stereocenters. The lowest BCUT2D eigenvalue weighted by Gasteiger charge is -2.28. The quantitative estimate of drug-likeness (QED) is 0.208. The number of carbonyl (C=O) groups excluding carboxylic acids is 3. The highest BCUT2D eigenvalue weighted by Crippen LogP contribution is 2.48. The molecule has 0 N–H and O–H groups in total. The highest BCUT2D eigenvalue weighted by molar-refractivity contribution is 5.98. The Hall–Kier alpha value is -4.53. The Kier molecular flexibility index (Phi) is 8.70. The summed E-state index contributed by atoms with van der Waals surface area (Å²) in [6.07, 6.45) is 2.73. The normalized spacial score (nSPS) is 15.8. The maximum absolute atomic E-state index is 12.8. The molecular weight excluding hydrogens is 502 g/mol. The van der Waals surface area contributed by atoms with Crippen LogP contribution in [0.5, 0.6) is 11.6 Å². The van der Waals surface area contributed by atoms with Crippen molar-refractivity contribution >= 4 is 28.7 Å². The van der Waals surface area contributed by atoms with Gasteiger partial charge in [-0.15, -0.1) is 0 Å². The molecule has 0 saturated heterocycles. The number of hydrogen-bond donors (Lipinski definition) is 0. The van der Waals surface area contributed by atoms with Gasteiger partial charge in [0.15, 0.2) is 0 Å². The molecule has 9 heteroatoms. The molecule has 0 saturated carbocycles. The van der Waals surface area contributed by atoms with E-state index in [0.29, 0.717) is 28.0 Å². The fraction of sp³-hybridized carbons (Fsp3) is 0.300. The Morgan fingerprint density at radius 3 is 2.41 bits per heavy atom. The van der Waals surface area contributed by atoms with Crippen molar-refractivity contribution in [1.29, 1.82) is 0 Å². The first-order chi connectivity index (χ1) is 18.9. The van der Waals surface area contributed by atoms with Crippen molar-refractivity contribution in [3.8, 4) is 11.6 Å². The minimum absolute atomic E-state index is 0.0958. The van der Waals surface area contributed by atoms with Gasteiger partial charge in [-0.3, -0.25) is 4.79 Å². The molecule has 1 atom stereocenters. The van der Waals surface area contributed by atoms with Gasteiger partial charge in [-0.25, -0.2) is 14.2 Å². The molecule has 0 radical (unpaired) electrons. The Morgan fingerprint density at radius 1 is 1.00 bits per heavy atom. The third-order valence-electron chi connectivity index (χ3n) is 6.17. The first-order valence-electron chi connectivity index (χ1n) is 12.7. The molecule has 0 amide bonds. The maximum atomic E-state index is 12.8. The van der Waals surface area contributed by atoms with Crippen molar-refractivity contribution in [2.75, 3.05) is 20.3 Å². The topological polar surface area (TPSA) is 102 Å². The summed E-state index contributed by atoms with van der Waals surface area (Å²) in [7, 11) is 1.55.